The molecule has 0 saturated carbocycles. The summed E-state index contributed by atoms with van der Waals surface area (Å²) < 4.78 is 1.52. The predicted molar refractivity (Wildman–Crippen MR) is 112 cm³/mol. The number of aromatic nitrogens is 3. The van der Waals surface area contributed by atoms with Crippen molar-refractivity contribution in [1.29, 1.82) is 0 Å². The molecule has 0 aliphatic rings. The van der Waals surface area contributed by atoms with E-state index in [1.165, 1.54) is 10.9 Å². The average molecular weight is 388 g/mol. The molecule has 2 aromatic heterocycles. The maximum Gasteiger partial charge on any atom is 0.266 e. The molecule has 0 aliphatic carbocycles. The summed E-state index contributed by atoms with van der Waals surface area (Å²) in [6.45, 7) is 3.96. The molecular formula is C22H20N4O3. The first-order chi connectivity index (χ1) is 14.0. The van der Waals surface area contributed by atoms with Crippen LogP contribution in [-0.2, 0) is 6.42 Å². The topological polar surface area (TPSA) is 100 Å². The van der Waals surface area contributed by atoms with Gasteiger partial charge in [0, 0.05) is 5.69 Å². The fraction of sp³-hybridized carbons (Fsp3) is 0.136. The van der Waals surface area contributed by atoms with Crippen molar-refractivity contribution in [3.05, 3.63) is 81.8 Å². The van der Waals surface area contributed by atoms with Crippen molar-refractivity contribution < 1.29 is 9.90 Å². The molecule has 0 fully saturated rings. The highest BCUT2D eigenvalue weighted by Crippen LogP contribution is 2.27. The number of carbonyl (C=O) groups excluding carboxylic acids is 1. The molecule has 2 heterocycles. The number of fused-ring (bicyclic) bond motifs is 1. The molecule has 0 aliphatic heterocycles. The van der Waals surface area contributed by atoms with Gasteiger partial charge in [-0.1, -0.05) is 31.2 Å². The summed E-state index contributed by atoms with van der Waals surface area (Å²) in [5.74, 6) is -1.07. The van der Waals surface area contributed by atoms with Crippen molar-refractivity contribution in [2.75, 3.05) is 5.32 Å². The Balaban J connectivity index is 1.76. The maximum absolute atomic E-state index is 12.7. The number of hydrogen-bond donors (Lipinski definition) is 3. The quantitative estimate of drug-likeness (QED) is 0.498. The van der Waals surface area contributed by atoms with Crippen LogP contribution in [0.25, 0.3) is 16.7 Å². The fourth-order valence-corrected chi connectivity index (χ4v) is 3.28. The third kappa shape index (κ3) is 3.38. The van der Waals surface area contributed by atoms with Crippen LogP contribution in [0.1, 0.15) is 28.4 Å². The molecule has 29 heavy (non-hydrogen) atoms. The van der Waals surface area contributed by atoms with Gasteiger partial charge in [-0.25, -0.2) is 4.68 Å². The predicted octanol–water partition coefficient (Wildman–Crippen LogP) is 3.54. The van der Waals surface area contributed by atoms with Crippen molar-refractivity contribution in [3.8, 4) is 11.4 Å². The van der Waals surface area contributed by atoms with Crippen LogP contribution in [-0.4, -0.2) is 25.8 Å². The van der Waals surface area contributed by atoms with Crippen molar-refractivity contribution >= 4 is 22.6 Å². The van der Waals surface area contributed by atoms with Gasteiger partial charge >= 0.3 is 0 Å². The van der Waals surface area contributed by atoms with Crippen LogP contribution in [0.15, 0.2) is 59.5 Å². The Morgan fingerprint density at radius 3 is 2.76 bits per heavy atom. The number of nitrogens with one attached hydrogen (secondary N) is 2. The van der Waals surface area contributed by atoms with E-state index in [1.807, 2.05) is 56.3 Å². The minimum Gasteiger partial charge on any atom is -0.506 e. The number of carbonyl (C=O) groups is 1. The Hall–Kier alpha value is -3.87. The first kappa shape index (κ1) is 18.5. The third-order valence-corrected chi connectivity index (χ3v) is 4.79. The number of aryl methyl sites for hydroxylation is 2. The van der Waals surface area contributed by atoms with Crippen LogP contribution < -0.4 is 10.9 Å². The van der Waals surface area contributed by atoms with E-state index in [1.54, 1.807) is 6.07 Å². The summed E-state index contributed by atoms with van der Waals surface area (Å²) >= 11 is 0. The molecule has 0 atom stereocenters. The zero-order valence-corrected chi connectivity index (χ0v) is 16.1. The van der Waals surface area contributed by atoms with Gasteiger partial charge < -0.3 is 15.4 Å². The molecule has 0 bridgehead atoms. The van der Waals surface area contributed by atoms with Crippen molar-refractivity contribution in [3.63, 3.8) is 0 Å². The third-order valence-electron chi connectivity index (χ3n) is 4.79. The lowest BCUT2D eigenvalue weighted by molar-refractivity contribution is 0.102. The summed E-state index contributed by atoms with van der Waals surface area (Å²) in [5, 5.41) is 17.9. The van der Waals surface area contributed by atoms with Crippen LogP contribution in [0.3, 0.4) is 0 Å². The van der Waals surface area contributed by atoms with E-state index in [0.29, 0.717) is 16.7 Å². The van der Waals surface area contributed by atoms with Crippen LogP contribution >= 0.6 is 0 Å². The minimum absolute atomic E-state index is 0.290. The lowest BCUT2D eigenvalue weighted by atomic mass is 10.1. The largest absolute Gasteiger partial charge is 0.506 e. The molecule has 3 N–H and O–H groups in total. The second kappa shape index (κ2) is 7.27. The van der Waals surface area contributed by atoms with E-state index in [-0.39, 0.29) is 5.56 Å². The molecule has 0 radical (unpaired) electrons. The van der Waals surface area contributed by atoms with Gasteiger partial charge in [0.05, 0.1) is 17.3 Å². The molecule has 4 aromatic rings. The molecule has 0 unspecified atom stereocenters. The van der Waals surface area contributed by atoms with E-state index >= 15 is 0 Å². The number of benzene rings is 2. The maximum atomic E-state index is 12.7. The van der Waals surface area contributed by atoms with Crippen LogP contribution in [0, 0.1) is 6.92 Å². The summed E-state index contributed by atoms with van der Waals surface area (Å²) in [4.78, 5) is 28.0. The van der Waals surface area contributed by atoms with Gasteiger partial charge in [-0.3, -0.25) is 9.59 Å². The number of amides is 1. The van der Waals surface area contributed by atoms with E-state index in [9.17, 15) is 14.7 Å². The molecule has 0 saturated heterocycles. The molecule has 146 valence electrons. The van der Waals surface area contributed by atoms with Crippen LogP contribution in [0.4, 0.5) is 5.69 Å². The summed E-state index contributed by atoms with van der Waals surface area (Å²) in [7, 11) is 0. The molecular weight excluding hydrogens is 368 g/mol. The monoisotopic (exact) mass is 388 g/mol. The van der Waals surface area contributed by atoms with Gasteiger partial charge in [0.15, 0.2) is 0 Å². The Morgan fingerprint density at radius 2 is 2.00 bits per heavy atom. The number of hydrogen-bond acceptors (Lipinski definition) is 4. The summed E-state index contributed by atoms with van der Waals surface area (Å²) in [5.41, 5.74) is 2.67. The number of nitrogens with zero attached hydrogens (tertiary/aromatic N) is 2. The van der Waals surface area contributed by atoms with Gasteiger partial charge in [0.2, 0.25) is 0 Å². The molecule has 0 spiro atoms. The summed E-state index contributed by atoms with van der Waals surface area (Å²) in [6, 6.07) is 14.9. The fourth-order valence-electron chi connectivity index (χ4n) is 3.28. The van der Waals surface area contributed by atoms with Gasteiger partial charge in [-0.2, -0.15) is 5.10 Å². The average Bonchev–Trinajstić information content (AvgIpc) is 3.12. The number of aromatic amines is 1. The van der Waals surface area contributed by atoms with Gasteiger partial charge in [-0.05, 0) is 48.7 Å². The molecule has 7 heteroatoms. The number of pyridine rings is 1. The zero-order valence-electron chi connectivity index (χ0n) is 16.1. The smallest absolute Gasteiger partial charge is 0.266 e. The molecule has 4 rings (SSSR count). The van der Waals surface area contributed by atoms with E-state index < -0.39 is 17.2 Å². The standard InChI is InChI=1S/C22H20N4O3/c1-3-14-7-5-8-15(11-14)24-21(28)18-19(27)17-12-23-26(20(17)25-22(18)29)16-9-4-6-13(2)10-16/h4-12H,3H2,1-2H3,(H,24,28)(H2,25,27,29). The van der Waals surface area contributed by atoms with Gasteiger partial charge in [-0.15, -0.1) is 0 Å². The second-order valence-electron chi connectivity index (χ2n) is 6.84. The highest BCUT2D eigenvalue weighted by atomic mass is 16.3. The van der Waals surface area contributed by atoms with Gasteiger partial charge in [0.1, 0.15) is 17.0 Å². The zero-order chi connectivity index (χ0) is 20.5. The highest BCUT2D eigenvalue weighted by Gasteiger charge is 2.22. The second-order valence-corrected chi connectivity index (χ2v) is 6.84. The Bertz CT molecular complexity index is 1290. The Labute approximate surface area is 166 Å². The van der Waals surface area contributed by atoms with Crippen molar-refractivity contribution in [2.24, 2.45) is 0 Å². The molecule has 7 nitrogen and oxygen atoms in total. The normalized spacial score (nSPS) is 11.0. The van der Waals surface area contributed by atoms with Crippen molar-refractivity contribution in [1.82, 2.24) is 14.8 Å². The molecule has 2 aromatic carbocycles. The van der Waals surface area contributed by atoms with E-state index in [4.69, 9.17) is 0 Å². The van der Waals surface area contributed by atoms with E-state index in [0.717, 1.165) is 23.2 Å². The Kier molecular flexibility index (Phi) is 4.64. The summed E-state index contributed by atoms with van der Waals surface area (Å²) in [6.07, 6.45) is 2.25. The number of aromatic hydroxyl groups is 1. The molecule has 1 amide bonds. The lowest BCUT2D eigenvalue weighted by Gasteiger charge is -2.09. The minimum atomic E-state index is -0.687. The van der Waals surface area contributed by atoms with Gasteiger partial charge in [0.25, 0.3) is 11.5 Å². The Morgan fingerprint density at radius 1 is 1.21 bits per heavy atom. The number of rotatable bonds is 4. The first-order valence-corrected chi connectivity index (χ1v) is 9.28. The number of anilines is 1. The number of H-pyrrole nitrogens is 1. The SMILES string of the molecule is CCc1cccc(NC(=O)c2c(O)c3cnn(-c4cccc(C)c4)c3[nH]c2=O)c1. The lowest BCUT2D eigenvalue weighted by Crippen LogP contribution is -2.23. The van der Waals surface area contributed by atoms with Crippen molar-refractivity contribution in [2.45, 2.75) is 20.3 Å². The highest BCUT2D eigenvalue weighted by molar-refractivity contribution is 6.08. The van der Waals surface area contributed by atoms with E-state index in [2.05, 4.69) is 15.4 Å². The van der Waals surface area contributed by atoms with Crippen LogP contribution in [0.2, 0.25) is 0 Å². The first-order valence-electron chi connectivity index (χ1n) is 9.28. The van der Waals surface area contributed by atoms with Crippen LogP contribution in [0.5, 0.6) is 5.75 Å².